The molecule has 0 bridgehead atoms. The zero-order chi connectivity index (χ0) is 14.0. The minimum absolute atomic E-state index is 0.0769. The first-order valence-electron chi connectivity index (χ1n) is 5.57. The molecule has 0 spiro atoms. The van der Waals surface area contributed by atoms with Gasteiger partial charge in [-0.2, -0.15) is 13.2 Å². The third-order valence-electron chi connectivity index (χ3n) is 2.81. The molecule has 1 atom stereocenters. The fraction of sp³-hybridized carbons (Fsp3) is 0.143. The summed E-state index contributed by atoms with van der Waals surface area (Å²) in [5, 5.41) is 0. The van der Waals surface area contributed by atoms with Crippen molar-refractivity contribution in [2.75, 3.05) is 0 Å². The molecule has 2 N–H and O–H groups in total. The molecule has 0 heterocycles. The van der Waals surface area contributed by atoms with E-state index in [1.54, 1.807) is 30.3 Å². The fourth-order valence-corrected chi connectivity index (χ4v) is 2.32. The second-order valence-corrected chi connectivity index (χ2v) is 5.03. The number of hydrogen-bond donors (Lipinski definition) is 1. The molecule has 1 unspecified atom stereocenters. The minimum Gasteiger partial charge on any atom is -0.320 e. The second kappa shape index (κ2) is 5.35. The van der Waals surface area contributed by atoms with E-state index in [4.69, 9.17) is 5.73 Å². The zero-order valence-corrected chi connectivity index (χ0v) is 11.4. The fourth-order valence-electron chi connectivity index (χ4n) is 1.91. The van der Waals surface area contributed by atoms with Gasteiger partial charge in [-0.05, 0) is 29.3 Å². The van der Waals surface area contributed by atoms with Gasteiger partial charge >= 0.3 is 6.18 Å². The van der Waals surface area contributed by atoms with Crippen LogP contribution in [0.2, 0.25) is 0 Å². The molecule has 100 valence electrons. The summed E-state index contributed by atoms with van der Waals surface area (Å²) < 4.78 is 39.6. The van der Waals surface area contributed by atoms with Gasteiger partial charge in [0, 0.05) is 4.47 Å². The lowest BCUT2D eigenvalue weighted by Crippen LogP contribution is -2.18. The first-order chi connectivity index (χ1) is 8.89. The van der Waals surface area contributed by atoms with Crippen LogP contribution in [0.4, 0.5) is 13.2 Å². The van der Waals surface area contributed by atoms with Crippen LogP contribution in [-0.2, 0) is 6.18 Å². The van der Waals surface area contributed by atoms with Crippen molar-refractivity contribution in [1.82, 2.24) is 0 Å². The average Bonchev–Trinajstić information content (AvgIpc) is 2.37. The molecule has 0 fully saturated rings. The topological polar surface area (TPSA) is 26.0 Å². The summed E-state index contributed by atoms with van der Waals surface area (Å²) in [6.07, 6.45) is -4.40. The van der Waals surface area contributed by atoms with Gasteiger partial charge in [0.25, 0.3) is 0 Å². The molecule has 0 aliphatic carbocycles. The number of rotatable bonds is 2. The van der Waals surface area contributed by atoms with E-state index in [0.29, 0.717) is 5.56 Å². The highest BCUT2D eigenvalue weighted by molar-refractivity contribution is 9.10. The Hall–Kier alpha value is -1.33. The van der Waals surface area contributed by atoms with Crippen LogP contribution in [0.1, 0.15) is 22.7 Å². The van der Waals surface area contributed by atoms with Crippen molar-refractivity contribution >= 4 is 15.9 Å². The Balaban J connectivity index is 2.48. The Labute approximate surface area is 117 Å². The molecule has 1 nitrogen and oxygen atoms in total. The van der Waals surface area contributed by atoms with E-state index in [2.05, 4.69) is 15.9 Å². The van der Waals surface area contributed by atoms with Crippen LogP contribution in [0.5, 0.6) is 0 Å². The summed E-state index contributed by atoms with van der Waals surface area (Å²) in [6, 6.07) is 11.5. The van der Waals surface area contributed by atoms with Gasteiger partial charge < -0.3 is 5.73 Å². The summed E-state index contributed by atoms with van der Waals surface area (Å²) in [7, 11) is 0. The third kappa shape index (κ3) is 3.16. The van der Waals surface area contributed by atoms with Gasteiger partial charge in [0.1, 0.15) is 0 Å². The van der Waals surface area contributed by atoms with E-state index in [9.17, 15) is 13.2 Å². The average molecular weight is 330 g/mol. The minimum atomic E-state index is -4.40. The molecular formula is C14H11BrF3N. The first-order valence-corrected chi connectivity index (χ1v) is 6.36. The van der Waals surface area contributed by atoms with Crippen molar-refractivity contribution in [2.45, 2.75) is 12.2 Å². The quantitative estimate of drug-likeness (QED) is 0.861. The molecule has 19 heavy (non-hydrogen) atoms. The lowest BCUT2D eigenvalue weighted by molar-refractivity contribution is -0.138. The Morgan fingerprint density at radius 2 is 1.68 bits per heavy atom. The van der Waals surface area contributed by atoms with Gasteiger partial charge in [0.05, 0.1) is 11.6 Å². The molecule has 2 aromatic carbocycles. The summed E-state index contributed by atoms with van der Waals surface area (Å²) in [6.45, 7) is 0. The molecular weight excluding hydrogens is 319 g/mol. The third-order valence-corrected chi connectivity index (χ3v) is 3.30. The number of hydrogen-bond acceptors (Lipinski definition) is 1. The molecule has 5 heteroatoms. The van der Waals surface area contributed by atoms with Crippen LogP contribution < -0.4 is 5.73 Å². The Morgan fingerprint density at radius 3 is 2.32 bits per heavy atom. The monoisotopic (exact) mass is 329 g/mol. The van der Waals surface area contributed by atoms with Gasteiger partial charge in [-0.1, -0.05) is 46.3 Å². The highest BCUT2D eigenvalue weighted by Gasteiger charge is 2.34. The van der Waals surface area contributed by atoms with Crippen LogP contribution in [0.25, 0.3) is 0 Å². The maximum Gasteiger partial charge on any atom is 0.416 e. The number of alkyl halides is 3. The molecule has 0 amide bonds. The molecule has 0 aromatic heterocycles. The lowest BCUT2D eigenvalue weighted by Gasteiger charge is -2.18. The van der Waals surface area contributed by atoms with Crippen molar-refractivity contribution in [2.24, 2.45) is 5.73 Å². The molecule has 0 saturated carbocycles. The van der Waals surface area contributed by atoms with Crippen molar-refractivity contribution in [3.8, 4) is 0 Å². The normalized spacial score (nSPS) is 13.3. The highest BCUT2D eigenvalue weighted by Crippen LogP contribution is 2.35. The van der Waals surface area contributed by atoms with E-state index >= 15 is 0 Å². The maximum absolute atomic E-state index is 12.9. The Bertz CT molecular complexity index is 581. The van der Waals surface area contributed by atoms with Crippen molar-refractivity contribution in [1.29, 1.82) is 0 Å². The van der Waals surface area contributed by atoms with Gasteiger partial charge in [-0.3, -0.25) is 0 Å². The van der Waals surface area contributed by atoms with Gasteiger partial charge in [-0.15, -0.1) is 0 Å². The van der Waals surface area contributed by atoms with Crippen LogP contribution >= 0.6 is 15.9 Å². The first kappa shape index (κ1) is 14.1. The van der Waals surface area contributed by atoms with Crippen molar-refractivity contribution < 1.29 is 13.2 Å². The second-order valence-electron chi connectivity index (χ2n) is 4.12. The van der Waals surface area contributed by atoms with Gasteiger partial charge in [-0.25, -0.2) is 0 Å². The highest BCUT2D eigenvalue weighted by atomic mass is 79.9. The molecule has 0 aliphatic heterocycles. The van der Waals surface area contributed by atoms with Crippen molar-refractivity contribution in [3.63, 3.8) is 0 Å². The SMILES string of the molecule is NC(c1cccc(Br)c1)c1ccccc1C(F)(F)F. The van der Waals surface area contributed by atoms with E-state index in [0.717, 1.165) is 10.5 Å². The summed E-state index contributed by atoms with van der Waals surface area (Å²) >= 11 is 3.28. The van der Waals surface area contributed by atoms with Crippen LogP contribution in [0, 0.1) is 0 Å². The summed E-state index contributed by atoms with van der Waals surface area (Å²) in [4.78, 5) is 0. The Morgan fingerprint density at radius 1 is 1.00 bits per heavy atom. The van der Waals surface area contributed by atoms with Gasteiger partial charge in [0.15, 0.2) is 0 Å². The Kier molecular flexibility index (Phi) is 3.96. The zero-order valence-electron chi connectivity index (χ0n) is 9.79. The molecule has 2 rings (SSSR count). The smallest absolute Gasteiger partial charge is 0.320 e. The summed E-state index contributed by atoms with van der Waals surface area (Å²) in [5.74, 6) is 0. The molecule has 0 saturated heterocycles. The van der Waals surface area contributed by atoms with Crippen LogP contribution in [0.15, 0.2) is 53.0 Å². The number of halogens is 4. The molecule has 0 radical (unpaired) electrons. The predicted molar refractivity (Wildman–Crippen MR) is 71.6 cm³/mol. The number of benzene rings is 2. The maximum atomic E-state index is 12.9. The standard InChI is InChI=1S/C14H11BrF3N/c15-10-5-3-4-9(8-10)13(19)11-6-1-2-7-12(11)14(16,17)18/h1-8,13H,19H2. The van der Waals surface area contributed by atoms with Crippen LogP contribution in [-0.4, -0.2) is 0 Å². The molecule has 0 aliphatic rings. The molecule has 2 aromatic rings. The summed E-state index contributed by atoms with van der Waals surface area (Å²) in [5.41, 5.74) is 5.98. The van der Waals surface area contributed by atoms with E-state index in [1.165, 1.54) is 12.1 Å². The largest absolute Gasteiger partial charge is 0.416 e. The van der Waals surface area contributed by atoms with E-state index in [-0.39, 0.29) is 5.56 Å². The van der Waals surface area contributed by atoms with E-state index in [1.807, 2.05) is 0 Å². The number of nitrogens with two attached hydrogens (primary N) is 1. The van der Waals surface area contributed by atoms with Crippen LogP contribution in [0.3, 0.4) is 0 Å². The predicted octanol–water partition coefficient (Wildman–Crippen LogP) is 4.52. The van der Waals surface area contributed by atoms with Gasteiger partial charge in [0.2, 0.25) is 0 Å². The van der Waals surface area contributed by atoms with Crippen molar-refractivity contribution in [3.05, 3.63) is 69.7 Å². The lowest BCUT2D eigenvalue weighted by atomic mass is 9.95. The van der Waals surface area contributed by atoms with E-state index < -0.39 is 17.8 Å².